The summed E-state index contributed by atoms with van der Waals surface area (Å²) in [6.07, 6.45) is 0.412. The summed E-state index contributed by atoms with van der Waals surface area (Å²) in [5, 5.41) is 6.68. The molecule has 190 valence electrons. The number of nitrogens with one attached hydrogen (secondary N) is 1. The van der Waals surface area contributed by atoms with Gasteiger partial charge in [0, 0.05) is 17.7 Å². The van der Waals surface area contributed by atoms with Gasteiger partial charge in [0.1, 0.15) is 12.4 Å². The van der Waals surface area contributed by atoms with Crippen molar-refractivity contribution in [2.24, 2.45) is 5.92 Å². The van der Waals surface area contributed by atoms with Crippen LogP contribution in [0.3, 0.4) is 0 Å². The number of hydrogen-bond acceptors (Lipinski definition) is 8. The van der Waals surface area contributed by atoms with Crippen molar-refractivity contribution in [1.82, 2.24) is 5.16 Å². The second-order valence-electron chi connectivity index (χ2n) is 8.68. The zero-order chi connectivity index (χ0) is 26.2. The van der Waals surface area contributed by atoms with Crippen LogP contribution in [0.4, 0.5) is 5.69 Å². The van der Waals surface area contributed by atoms with Gasteiger partial charge in [0.05, 0.1) is 23.9 Å². The molecule has 9 heteroatoms. The summed E-state index contributed by atoms with van der Waals surface area (Å²) in [4.78, 5) is 36.9. The highest BCUT2D eigenvalue weighted by molar-refractivity contribution is 6.00. The lowest BCUT2D eigenvalue weighted by Gasteiger charge is -2.12. The van der Waals surface area contributed by atoms with Crippen molar-refractivity contribution in [2.45, 2.75) is 40.7 Å². The highest BCUT2D eigenvalue weighted by atomic mass is 16.5. The van der Waals surface area contributed by atoms with Crippen LogP contribution in [0.5, 0.6) is 11.5 Å². The summed E-state index contributed by atoms with van der Waals surface area (Å²) in [5.74, 6) is 0.572. The maximum Gasteiger partial charge on any atom is 0.338 e. The standard InChI is InChI=1S/C27H30N2O7/c1-16(2)12-26(31)28-21-9-6-19(7-10-21)23(30)15-35-27(32)20-8-11-24(25(13-20)33-5)34-14-22-17(3)29-36-18(22)4/h6-11,13,16H,12,14-15H2,1-5H3,(H,28,31). The molecule has 0 atom stereocenters. The number of ether oxygens (including phenoxy) is 3. The van der Waals surface area contributed by atoms with Crippen LogP contribution < -0.4 is 14.8 Å². The highest BCUT2D eigenvalue weighted by Gasteiger charge is 2.16. The lowest BCUT2D eigenvalue weighted by atomic mass is 10.1. The van der Waals surface area contributed by atoms with Gasteiger partial charge in [-0.1, -0.05) is 19.0 Å². The Labute approximate surface area is 209 Å². The lowest BCUT2D eigenvalue weighted by Crippen LogP contribution is -2.15. The van der Waals surface area contributed by atoms with E-state index in [1.54, 1.807) is 37.3 Å². The number of amides is 1. The van der Waals surface area contributed by atoms with Crippen molar-refractivity contribution in [3.63, 3.8) is 0 Å². The topological polar surface area (TPSA) is 117 Å². The fraction of sp³-hybridized carbons (Fsp3) is 0.333. The number of aromatic nitrogens is 1. The number of nitrogens with zero attached hydrogens (tertiary/aromatic N) is 1. The number of rotatable bonds is 11. The fourth-order valence-electron chi connectivity index (χ4n) is 3.39. The van der Waals surface area contributed by atoms with E-state index < -0.39 is 12.6 Å². The Balaban J connectivity index is 1.56. The van der Waals surface area contributed by atoms with Crippen molar-refractivity contribution in [2.75, 3.05) is 19.0 Å². The lowest BCUT2D eigenvalue weighted by molar-refractivity contribution is -0.116. The van der Waals surface area contributed by atoms with Crippen molar-refractivity contribution in [3.8, 4) is 11.5 Å². The molecule has 0 saturated carbocycles. The maximum atomic E-state index is 12.5. The van der Waals surface area contributed by atoms with Gasteiger partial charge in [0.2, 0.25) is 5.91 Å². The normalized spacial score (nSPS) is 10.7. The molecular formula is C27H30N2O7. The molecule has 0 fully saturated rings. The van der Waals surface area contributed by atoms with E-state index in [4.69, 9.17) is 18.7 Å². The smallest absolute Gasteiger partial charge is 0.338 e. The molecule has 0 aliphatic rings. The number of Topliss-reactive ketones (excluding diaryl/α,β-unsaturated/α-hetero) is 1. The van der Waals surface area contributed by atoms with E-state index in [2.05, 4.69) is 10.5 Å². The van der Waals surface area contributed by atoms with E-state index in [0.717, 1.165) is 11.3 Å². The average Bonchev–Trinajstić information content (AvgIpc) is 3.17. The van der Waals surface area contributed by atoms with Crippen molar-refractivity contribution in [1.29, 1.82) is 0 Å². The molecule has 3 rings (SSSR count). The summed E-state index contributed by atoms with van der Waals surface area (Å²) >= 11 is 0. The van der Waals surface area contributed by atoms with E-state index in [9.17, 15) is 14.4 Å². The van der Waals surface area contributed by atoms with E-state index in [1.807, 2.05) is 20.8 Å². The highest BCUT2D eigenvalue weighted by Crippen LogP contribution is 2.30. The third kappa shape index (κ3) is 6.94. The molecule has 36 heavy (non-hydrogen) atoms. The third-order valence-corrected chi connectivity index (χ3v) is 5.37. The number of benzene rings is 2. The van der Waals surface area contributed by atoms with Crippen LogP contribution in [0.25, 0.3) is 0 Å². The zero-order valence-corrected chi connectivity index (χ0v) is 21.0. The summed E-state index contributed by atoms with van der Waals surface area (Å²) in [6.45, 7) is 7.36. The number of methoxy groups -OCH3 is 1. The Morgan fingerprint density at radius 1 is 1.00 bits per heavy atom. The van der Waals surface area contributed by atoms with Gasteiger partial charge in [0.25, 0.3) is 0 Å². The molecule has 2 aromatic carbocycles. The minimum Gasteiger partial charge on any atom is -0.493 e. The maximum absolute atomic E-state index is 12.5. The Hall–Kier alpha value is -4.14. The van der Waals surface area contributed by atoms with Gasteiger partial charge in [-0.15, -0.1) is 0 Å². The van der Waals surface area contributed by atoms with Crippen molar-refractivity contribution < 1.29 is 33.1 Å². The average molecular weight is 495 g/mol. The molecule has 0 unspecified atom stereocenters. The Morgan fingerprint density at radius 2 is 1.69 bits per heavy atom. The van der Waals surface area contributed by atoms with Gasteiger partial charge < -0.3 is 24.1 Å². The summed E-state index contributed by atoms with van der Waals surface area (Å²) in [6, 6.07) is 11.1. The molecule has 1 N–H and O–H groups in total. The summed E-state index contributed by atoms with van der Waals surface area (Å²) in [5.41, 5.74) is 2.75. The van der Waals surface area contributed by atoms with Gasteiger partial charge in [0.15, 0.2) is 23.9 Å². The van der Waals surface area contributed by atoms with E-state index in [1.165, 1.54) is 19.2 Å². The largest absolute Gasteiger partial charge is 0.493 e. The van der Waals surface area contributed by atoms with Gasteiger partial charge >= 0.3 is 5.97 Å². The van der Waals surface area contributed by atoms with Crippen LogP contribution in [0.1, 0.15) is 58.0 Å². The third-order valence-electron chi connectivity index (χ3n) is 5.37. The number of aryl methyl sites for hydroxylation is 2. The number of anilines is 1. The summed E-state index contributed by atoms with van der Waals surface area (Å²) in [7, 11) is 1.46. The van der Waals surface area contributed by atoms with E-state index >= 15 is 0 Å². The predicted molar refractivity (Wildman–Crippen MR) is 132 cm³/mol. The van der Waals surface area contributed by atoms with Crippen LogP contribution in [0, 0.1) is 19.8 Å². The number of ketones is 1. The number of carbonyl (C=O) groups excluding carboxylic acids is 3. The first kappa shape index (κ1) is 26.5. The summed E-state index contributed by atoms with van der Waals surface area (Å²) < 4.78 is 21.5. The minimum absolute atomic E-state index is 0.0893. The number of esters is 1. The molecule has 1 aromatic heterocycles. The van der Waals surface area contributed by atoms with Crippen LogP contribution in [0.2, 0.25) is 0 Å². The van der Waals surface area contributed by atoms with Gasteiger partial charge in [-0.3, -0.25) is 9.59 Å². The molecule has 0 saturated heterocycles. The van der Waals surface area contributed by atoms with Gasteiger partial charge in [-0.05, 0) is 62.2 Å². The van der Waals surface area contributed by atoms with Crippen LogP contribution in [-0.2, 0) is 16.1 Å². The first-order chi connectivity index (χ1) is 17.2. The van der Waals surface area contributed by atoms with Gasteiger partial charge in [-0.2, -0.15) is 0 Å². The molecule has 0 spiro atoms. The zero-order valence-electron chi connectivity index (χ0n) is 21.0. The first-order valence-corrected chi connectivity index (χ1v) is 11.5. The molecule has 3 aromatic rings. The van der Waals surface area contributed by atoms with Crippen molar-refractivity contribution >= 4 is 23.3 Å². The second-order valence-corrected chi connectivity index (χ2v) is 8.68. The van der Waals surface area contributed by atoms with Gasteiger partial charge in [-0.25, -0.2) is 4.79 Å². The minimum atomic E-state index is -0.670. The number of carbonyl (C=O) groups is 3. The molecule has 1 heterocycles. The van der Waals surface area contributed by atoms with Crippen LogP contribution in [0.15, 0.2) is 47.0 Å². The molecule has 0 aliphatic heterocycles. The fourth-order valence-corrected chi connectivity index (χ4v) is 3.39. The molecule has 0 bridgehead atoms. The van der Waals surface area contributed by atoms with Crippen molar-refractivity contribution in [3.05, 3.63) is 70.6 Å². The Morgan fingerprint density at radius 3 is 2.31 bits per heavy atom. The van der Waals surface area contributed by atoms with E-state index in [0.29, 0.717) is 34.9 Å². The molecule has 0 radical (unpaired) electrons. The molecule has 1 amide bonds. The monoisotopic (exact) mass is 494 g/mol. The quantitative estimate of drug-likeness (QED) is 0.295. The predicted octanol–water partition coefficient (Wildman–Crippen LogP) is 4.90. The van der Waals surface area contributed by atoms with Crippen LogP contribution >= 0.6 is 0 Å². The first-order valence-electron chi connectivity index (χ1n) is 11.5. The molecule has 9 nitrogen and oxygen atoms in total. The Bertz CT molecular complexity index is 1210. The Kier molecular flexibility index (Phi) is 8.83. The SMILES string of the molecule is COc1cc(C(=O)OCC(=O)c2ccc(NC(=O)CC(C)C)cc2)ccc1OCc1c(C)noc1C. The van der Waals surface area contributed by atoms with Crippen LogP contribution in [-0.4, -0.2) is 36.5 Å². The molecule has 0 aliphatic carbocycles. The number of hydrogen-bond donors (Lipinski definition) is 1. The second kappa shape index (κ2) is 12.0. The van der Waals surface area contributed by atoms with E-state index in [-0.39, 0.29) is 29.8 Å². The molecular weight excluding hydrogens is 464 g/mol.